The lowest BCUT2D eigenvalue weighted by Crippen LogP contribution is -2.40. The third-order valence-corrected chi connectivity index (χ3v) is 3.09. The fraction of sp³-hybridized carbons (Fsp3) is 0.417. The first-order valence-corrected chi connectivity index (χ1v) is 6.69. The van der Waals surface area contributed by atoms with Crippen LogP contribution in [0.1, 0.15) is 12.5 Å². The number of rotatable bonds is 5. The first kappa shape index (κ1) is 18.9. The SMILES string of the molecule is COCC(C)NC(N)=NCc1ccc(Br)cc1Cl.I. The predicted octanol–water partition coefficient (Wildman–Crippen LogP) is 3.16. The van der Waals surface area contributed by atoms with Crippen LogP contribution >= 0.6 is 51.5 Å². The highest BCUT2D eigenvalue weighted by molar-refractivity contribution is 14.0. The zero-order chi connectivity index (χ0) is 13.5. The molecular formula is C12H18BrClIN3O. The van der Waals surface area contributed by atoms with Crippen molar-refractivity contribution in [1.82, 2.24) is 5.32 Å². The number of nitrogens with zero attached hydrogens (tertiary/aromatic N) is 1. The molecule has 1 unspecified atom stereocenters. The fourth-order valence-corrected chi connectivity index (χ4v) is 2.14. The van der Waals surface area contributed by atoms with Gasteiger partial charge in [0.25, 0.3) is 0 Å². The molecule has 0 fully saturated rings. The van der Waals surface area contributed by atoms with Crippen LogP contribution in [0.2, 0.25) is 5.02 Å². The molecule has 0 radical (unpaired) electrons. The van der Waals surface area contributed by atoms with Gasteiger partial charge in [0.05, 0.1) is 13.2 Å². The molecule has 3 N–H and O–H groups in total. The van der Waals surface area contributed by atoms with Gasteiger partial charge in [-0.15, -0.1) is 24.0 Å². The summed E-state index contributed by atoms with van der Waals surface area (Å²) in [7, 11) is 1.65. The zero-order valence-corrected chi connectivity index (χ0v) is 15.5. The summed E-state index contributed by atoms with van der Waals surface area (Å²) in [6.45, 7) is 3.00. The molecule has 7 heteroatoms. The standard InChI is InChI=1S/C12H17BrClN3O.HI/c1-8(7-18-2)17-12(15)16-6-9-3-4-10(13)5-11(9)14;/h3-5,8H,6-7H2,1-2H3,(H3,15,16,17);1H. The Morgan fingerprint density at radius 3 is 2.84 bits per heavy atom. The van der Waals surface area contributed by atoms with Crippen LogP contribution in [0.25, 0.3) is 0 Å². The average Bonchev–Trinajstić information content (AvgIpc) is 2.28. The molecule has 0 aromatic heterocycles. The summed E-state index contributed by atoms with van der Waals surface area (Å²) in [6.07, 6.45) is 0. The second-order valence-electron chi connectivity index (χ2n) is 3.94. The van der Waals surface area contributed by atoms with Crippen molar-refractivity contribution >= 4 is 57.5 Å². The number of halogens is 3. The topological polar surface area (TPSA) is 59.6 Å². The third kappa shape index (κ3) is 7.34. The highest BCUT2D eigenvalue weighted by Crippen LogP contribution is 2.21. The molecule has 0 spiro atoms. The first-order chi connectivity index (χ1) is 8.52. The number of hydrogen-bond acceptors (Lipinski definition) is 2. The lowest BCUT2D eigenvalue weighted by Gasteiger charge is -2.13. The molecule has 0 aliphatic heterocycles. The molecule has 1 atom stereocenters. The summed E-state index contributed by atoms with van der Waals surface area (Å²) in [5.74, 6) is 0.388. The van der Waals surface area contributed by atoms with Gasteiger partial charge in [0.1, 0.15) is 0 Å². The van der Waals surface area contributed by atoms with Crippen LogP contribution in [0, 0.1) is 0 Å². The van der Waals surface area contributed by atoms with Crippen molar-refractivity contribution in [2.75, 3.05) is 13.7 Å². The molecule has 0 saturated heterocycles. The number of guanidine groups is 1. The van der Waals surface area contributed by atoms with Gasteiger partial charge in [0.2, 0.25) is 0 Å². The molecule has 0 aliphatic rings. The van der Waals surface area contributed by atoms with E-state index in [0.29, 0.717) is 24.1 Å². The summed E-state index contributed by atoms with van der Waals surface area (Å²) < 4.78 is 5.94. The van der Waals surface area contributed by atoms with Crippen molar-refractivity contribution < 1.29 is 4.74 Å². The number of hydrogen-bond donors (Lipinski definition) is 2. The van der Waals surface area contributed by atoms with Crippen molar-refractivity contribution in [3.8, 4) is 0 Å². The van der Waals surface area contributed by atoms with Gasteiger partial charge in [-0.1, -0.05) is 33.6 Å². The van der Waals surface area contributed by atoms with Gasteiger partial charge in [0, 0.05) is 22.6 Å². The van der Waals surface area contributed by atoms with Crippen molar-refractivity contribution in [3.05, 3.63) is 33.3 Å². The van der Waals surface area contributed by atoms with E-state index in [1.165, 1.54) is 0 Å². The van der Waals surface area contributed by atoms with E-state index in [0.717, 1.165) is 10.0 Å². The smallest absolute Gasteiger partial charge is 0.189 e. The van der Waals surface area contributed by atoms with E-state index in [9.17, 15) is 0 Å². The molecule has 1 aromatic carbocycles. The maximum atomic E-state index is 6.09. The molecular weight excluding hydrogens is 444 g/mol. The molecule has 4 nitrogen and oxygen atoms in total. The summed E-state index contributed by atoms with van der Waals surface area (Å²) in [4.78, 5) is 4.24. The molecule has 1 rings (SSSR count). The van der Waals surface area contributed by atoms with Crippen LogP contribution in [0.5, 0.6) is 0 Å². The number of benzene rings is 1. The fourth-order valence-electron chi connectivity index (χ4n) is 1.41. The van der Waals surface area contributed by atoms with E-state index >= 15 is 0 Å². The number of ether oxygens (including phenoxy) is 1. The van der Waals surface area contributed by atoms with Gasteiger partial charge in [0.15, 0.2) is 5.96 Å². The van der Waals surface area contributed by atoms with Crippen LogP contribution in [0.3, 0.4) is 0 Å². The number of nitrogens with one attached hydrogen (secondary N) is 1. The summed E-state index contributed by atoms with van der Waals surface area (Å²) in [5, 5.41) is 3.70. The third-order valence-electron chi connectivity index (χ3n) is 2.25. The molecule has 0 saturated carbocycles. The Labute approximate surface area is 144 Å². The van der Waals surface area contributed by atoms with E-state index in [4.69, 9.17) is 22.1 Å². The van der Waals surface area contributed by atoms with Gasteiger partial charge >= 0.3 is 0 Å². The second kappa shape index (κ2) is 9.79. The highest BCUT2D eigenvalue weighted by Gasteiger charge is 2.03. The van der Waals surface area contributed by atoms with Crippen LogP contribution < -0.4 is 11.1 Å². The van der Waals surface area contributed by atoms with Gasteiger partial charge in [-0.3, -0.25) is 0 Å². The number of aliphatic imine (C=N–C) groups is 1. The Bertz CT molecular complexity index is 431. The van der Waals surface area contributed by atoms with E-state index in [1.807, 2.05) is 25.1 Å². The minimum absolute atomic E-state index is 0. The predicted molar refractivity (Wildman–Crippen MR) is 94.4 cm³/mol. The number of methoxy groups -OCH3 is 1. The van der Waals surface area contributed by atoms with Crippen LogP contribution in [0.15, 0.2) is 27.7 Å². The van der Waals surface area contributed by atoms with E-state index in [-0.39, 0.29) is 30.0 Å². The molecule has 19 heavy (non-hydrogen) atoms. The summed E-state index contributed by atoms with van der Waals surface area (Å²) in [6, 6.07) is 5.80. The van der Waals surface area contributed by atoms with Crippen molar-refractivity contribution in [2.24, 2.45) is 10.7 Å². The largest absolute Gasteiger partial charge is 0.383 e. The average molecular weight is 463 g/mol. The molecule has 0 amide bonds. The van der Waals surface area contributed by atoms with Crippen LogP contribution in [-0.2, 0) is 11.3 Å². The Kier molecular flexibility index (Phi) is 9.77. The maximum absolute atomic E-state index is 6.09. The summed E-state index contributed by atoms with van der Waals surface area (Å²) in [5.41, 5.74) is 6.70. The number of nitrogens with two attached hydrogens (primary N) is 1. The maximum Gasteiger partial charge on any atom is 0.189 e. The van der Waals surface area contributed by atoms with Gasteiger partial charge in [-0.2, -0.15) is 0 Å². The van der Waals surface area contributed by atoms with Gasteiger partial charge < -0.3 is 15.8 Å². The Hall–Kier alpha value is -0.0500. The normalized spacial score (nSPS) is 12.7. The lowest BCUT2D eigenvalue weighted by atomic mass is 10.2. The monoisotopic (exact) mass is 461 g/mol. The molecule has 1 aromatic rings. The van der Waals surface area contributed by atoms with E-state index < -0.39 is 0 Å². The lowest BCUT2D eigenvalue weighted by molar-refractivity contribution is 0.179. The highest BCUT2D eigenvalue weighted by atomic mass is 127. The summed E-state index contributed by atoms with van der Waals surface area (Å²) >= 11 is 9.44. The Balaban J connectivity index is 0.00000324. The first-order valence-electron chi connectivity index (χ1n) is 5.52. The second-order valence-corrected chi connectivity index (χ2v) is 5.26. The van der Waals surface area contributed by atoms with Crippen LogP contribution in [-0.4, -0.2) is 25.7 Å². The molecule has 0 bridgehead atoms. The van der Waals surface area contributed by atoms with Crippen molar-refractivity contribution in [1.29, 1.82) is 0 Å². The Morgan fingerprint density at radius 2 is 2.26 bits per heavy atom. The molecule has 0 aliphatic carbocycles. The van der Waals surface area contributed by atoms with Crippen LogP contribution in [0.4, 0.5) is 0 Å². The molecule has 0 heterocycles. The molecule has 108 valence electrons. The van der Waals surface area contributed by atoms with Crippen molar-refractivity contribution in [2.45, 2.75) is 19.5 Å². The van der Waals surface area contributed by atoms with Gasteiger partial charge in [-0.25, -0.2) is 4.99 Å². The van der Waals surface area contributed by atoms with Crippen molar-refractivity contribution in [3.63, 3.8) is 0 Å². The quantitative estimate of drug-likeness (QED) is 0.402. The van der Waals surface area contributed by atoms with E-state index in [2.05, 4.69) is 26.2 Å². The van der Waals surface area contributed by atoms with E-state index in [1.54, 1.807) is 7.11 Å². The minimum Gasteiger partial charge on any atom is -0.383 e. The zero-order valence-electron chi connectivity index (χ0n) is 10.8. The minimum atomic E-state index is 0. The van der Waals surface area contributed by atoms with Gasteiger partial charge in [-0.05, 0) is 24.6 Å². The Morgan fingerprint density at radius 1 is 1.58 bits per heavy atom.